The maximum Gasteiger partial charge on any atom is 0.162 e. The number of ether oxygens (including phenoxy) is 2. The molecule has 0 atom stereocenters. The van der Waals surface area contributed by atoms with Crippen LogP contribution in [0.25, 0.3) is 0 Å². The van der Waals surface area contributed by atoms with Crippen LogP contribution in [0, 0.1) is 11.3 Å². The highest BCUT2D eigenvalue weighted by Crippen LogP contribution is 2.28. The summed E-state index contributed by atoms with van der Waals surface area (Å²) in [5.41, 5.74) is 1.50. The van der Waals surface area contributed by atoms with Gasteiger partial charge in [-0.2, -0.15) is 5.26 Å². The van der Waals surface area contributed by atoms with E-state index in [0.29, 0.717) is 30.3 Å². The summed E-state index contributed by atoms with van der Waals surface area (Å²) in [4.78, 5) is 0. The highest BCUT2D eigenvalue weighted by atomic mass is 16.5. The summed E-state index contributed by atoms with van der Waals surface area (Å²) < 4.78 is 10.9. The molecule has 0 aliphatic rings. The SMILES string of the molecule is C=C(C)COc1ccc(C#N)cc1OCC. The van der Waals surface area contributed by atoms with Crippen molar-refractivity contribution in [1.29, 1.82) is 5.26 Å². The van der Waals surface area contributed by atoms with Crippen LogP contribution < -0.4 is 9.47 Å². The van der Waals surface area contributed by atoms with E-state index in [1.54, 1.807) is 18.2 Å². The van der Waals surface area contributed by atoms with Gasteiger partial charge in [0.1, 0.15) is 6.61 Å². The molecule has 0 aliphatic carbocycles. The summed E-state index contributed by atoms with van der Waals surface area (Å²) in [6, 6.07) is 7.19. The zero-order chi connectivity index (χ0) is 12.0. The quantitative estimate of drug-likeness (QED) is 0.712. The predicted octanol–water partition coefficient (Wildman–Crippen LogP) is 2.91. The monoisotopic (exact) mass is 217 g/mol. The molecule has 3 nitrogen and oxygen atoms in total. The highest BCUT2D eigenvalue weighted by Gasteiger charge is 2.06. The number of rotatable bonds is 5. The molecule has 84 valence electrons. The minimum atomic E-state index is 0.450. The van der Waals surface area contributed by atoms with Gasteiger partial charge in [-0.15, -0.1) is 0 Å². The second-order valence-corrected chi connectivity index (χ2v) is 3.45. The average molecular weight is 217 g/mol. The Balaban J connectivity index is 2.89. The molecule has 1 aromatic carbocycles. The first-order chi connectivity index (χ1) is 7.67. The molecule has 0 N–H and O–H groups in total. The topological polar surface area (TPSA) is 42.2 Å². The zero-order valence-electron chi connectivity index (χ0n) is 9.62. The summed E-state index contributed by atoms with van der Waals surface area (Å²) in [7, 11) is 0. The number of hydrogen-bond donors (Lipinski definition) is 0. The molecule has 0 radical (unpaired) electrons. The first kappa shape index (κ1) is 12.1. The molecule has 0 heterocycles. The fourth-order valence-corrected chi connectivity index (χ4v) is 1.17. The Morgan fingerprint density at radius 2 is 2.12 bits per heavy atom. The van der Waals surface area contributed by atoms with Crippen LogP contribution in [0.2, 0.25) is 0 Å². The molecule has 0 unspecified atom stereocenters. The minimum absolute atomic E-state index is 0.450. The Labute approximate surface area is 95.9 Å². The fraction of sp³-hybridized carbons (Fsp3) is 0.308. The van der Waals surface area contributed by atoms with Crippen molar-refractivity contribution in [3.63, 3.8) is 0 Å². The van der Waals surface area contributed by atoms with E-state index in [0.717, 1.165) is 5.57 Å². The molecule has 16 heavy (non-hydrogen) atoms. The van der Waals surface area contributed by atoms with E-state index in [9.17, 15) is 0 Å². The van der Waals surface area contributed by atoms with Crippen molar-refractivity contribution in [3.05, 3.63) is 35.9 Å². The van der Waals surface area contributed by atoms with Gasteiger partial charge in [0.25, 0.3) is 0 Å². The van der Waals surface area contributed by atoms with Crippen LogP contribution in [0.3, 0.4) is 0 Å². The Kier molecular flexibility index (Phi) is 4.41. The second kappa shape index (κ2) is 5.82. The number of benzene rings is 1. The van der Waals surface area contributed by atoms with E-state index in [4.69, 9.17) is 14.7 Å². The molecule has 1 aromatic rings. The van der Waals surface area contributed by atoms with Crippen molar-refractivity contribution in [2.75, 3.05) is 13.2 Å². The lowest BCUT2D eigenvalue weighted by atomic mass is 10.2. The maximum atomic E-state index is 8.78. The third kappa shape index (κ3) is 3.32. The van der Waals surface area contributed by atoms with E-state index in [-0.39, 0.29) is 0 Å². The fourth-order valence-electron chi connectivity index (χ4n) is 1.17. The molecule has 1 rings (SSSR count). The molecule has 0 bridgehead atoms. The second-order valence-electron chi connectivity index (χ2n) is 3.45. The van der Waals surface area contributed by atoms with Gasteiger partial charge in [0.2, 0.25) is 0 Å². The molecule has 0 aromatic heterocycles. The Bertz CT molecular complexity index is 418. The van der Waals surface area contributed by atoms with Gasteiger partial charge in [-0.3, -0.25) is 0 Å². The van der Waals surface area contributed by atoms with Crippen LogP contribution in [0.1, 0.15) is 19.4 Å². The summed E-state index contributed by atoms with van der Waals surface area (Å²) >= 11 is 0. The normalized spacial score (nSPS) is 9.31. The van der Waals surface area contributed by atoms with Crippen LogP contribution in [0.4, 0.5) is 0 Å². The minimum Gasteiger partial charge on any atom is -0.490 e. The van der Waals surface area contributed by atoms with E-state index in [1.165, 1.54) is 0 Å². The maximum absolute atomic E-state index is 8.78. The molecule has 0 fully saturated rings. The first-order valence-electron chi connectivity index (χ1n) is 5.11. The summed E-state index contributed by atoms with van der Waals surface area (Å²) in [6.07, 6.45) is 0. The average Bonchev–Trinajstić information content (AvgIpc) is 2.27. The van der Waals surface area contributed by atoms with Crippen molar-refractivity contribution in [3.8, 4) is 17.6 Å². The summed E-state index contributed by atoms with van der Waals surface area (Å²) in [5, 5.41) is 8.78. The van der Waals surface area contributed by atoms with Gasteiger partial charge in [-0.25, -0.2) is 0 Å². The molecule has 3 heteroatoms. The van der Waals surface area contributed by atoms with E-state index in [2.05, 4.69) is 12.6 Å². The molecular weight excluding hydrogens is 202 g/mol. The lowest BCUT2D eigenvalue weighted by molar-refractivity contribution is 0.293. The van der Waals surface area contributed by atoms with E-state index in [1.807, 2.05) is 13.8 Å². The standard InChI is InChI=1S/C13H15NO2/c1-4-15-13-7-11(8-14)5-6-12(13)16-9-10(2)3/h5-7H,2,4,9H2,1,3H3. The van der Waals surface area contributed by atoms with Crippen molar-refractivity contribution in [1.82, 2.24) is 0 Å². The van der Waals surface area contributed by atoms with E-state index < -0.39 is 0 Å². The van der Waals surface area contributed by atoms with Gasteiger partial charge in [-0.05, 0) is 31.6 Å². The van der Waals surface area contributed by atoms with Crippen LogP contribution in [-0.4, -0.2) is 13.2 Å². The lowest BCUT2D eigenvalue weighted by Crippen LogP contribution is -2.01. The van der Waals surface area contributed by atoms with Crippen LogP contribution in [0.15, 0.2) is 30.4 Å². The molecule has 0 spiro atoms. The van der Waals surface area contributed by atoms with Crippen molar-refractivity contribution < 1.29 is 9.47 Å². The van der Waals surface area contributed by atoms with Gasteiger partial charge in [0.15, 0.2) is 11.5 Å². The van der Waals surface area contributed by atoms with Gasteiger partial charge < -0.3 is 9.47 Å². The van der Waals surface area contributed by atoms with Gasteiger partial charge >= 0.3 is 0 Å². The van der Waals surface area contributed by atoms with Gasteiger partial charge in [-0.1, -0.05) is 6.58 Å². The number of nitriles is 1. The predicted molar refractivity (Wildman–Crippen MR) is 62.6 cm³/mol. The molecular formula is C13H15NO2. The van der Waals surface area contributed by atoms with Crippen molar-refractivity contribution in [2.24, 2.45) is 0 Å². The highest BCUT2D eigenvalue weighted by molar-refractivity contribution is 5.46. The van der Waals surface area contributed by atoms with E-state index >= 15 is 0 Å². The zero-order valence-corrected chi connectivity index (χ0v) is 9.62. The third-order valence-corrected chi connectivity index (χ3v) is 1.85. The number of hydrogen-bond acceptors (Lipinski definition) is 3. The number of nitrogens with zero attached hydrogens (tertiary/aromatic N) is 1. The molecule has 0 aliphatic heterocycles. The van der Waals surface area contributed by atoms with Crippen molar-refractivity contribution >= 4 is 0 Å². The van der Waals surface area contributed by atoms with Crippen LogP contribution in [0.5, 0.6) is 11.5 Å². The van der Waals surface area contributed by atoms with Crippen LogP contribution >= 0.6 is 0 Å². The Morgan fingerprint density at radius 3 is 2.69 bits per heavy atom. The van der Waals surface area contributed by atoms with Crippen molar-refractivity contribution in [2.45, 2.75) is 13.8 Å². The Hall–Kier alpha value is -1.95. The molecule has 0 saturated heterocycles. The first-order valence-corrected chi connectivity index (χ1v) is 5.11. The largest absolute Gasteiger partial charge is 0.490 e. The Morgan fingerprint density at radius 1 is 1.38 bits per heavy atom. The lowest BCUT2D eigenvalue weighted by Gasteiger charge is -2.11. The molecule has 0 saturated carbocycles. The summed E-state index contributed by atoms with van der Waals surface area (Å²) in [5.74, 6) is 1.24. The van der Waals surface area contributed by atoms with Gasteiger partial charge in [0.05, 0.1) is 18.2 Å². The summed E-state index contributed by atoms with van der Waals surface area (Å²) in [6.45, 7) is 8.54. The van der Waals surface area contributed by atoms with Gasteiger partial charge in [0, 0.05) is 6.07 Å². The smallest absolute Gasteiger partial charge is 0.162 e. The van der Waals surface area contributed by atoms with Crippen LogP contribution in [-0.2, 0) is 0 Å². The third-order valence-electron chi connectivity index (χ3n) is 1.85. The molecule has 0 amide bonds.